The normalized spacial score (nSPS) is 12.6. The highest BCUT2D eigenvalue weighted by Crippen LogP contribution is 2.55. The van der Waals surface area contributed by atoms with Gasteiger partial charge in [-0.15, -0.1) is 0 Å². The van der Waals surface area contributed by atoms with Gasteiger partial charge < -0.3 is 9.47 Å². The lowest BCUT2D eigenvalue weighted by atomic mass is 9.78. The molecular weight excluding hydrogens is 785 g/mol. The van der Waals surface area contributed by atoms with Gasteiger partial charge in [-0.2, -0.15) is 0 Å². The first kappa shape index (κ1) is 38.5. The lowest BCUT2D eigenvalue weighted by molar-refractivity contribution is 0.662. The maximum absolute atomic E-state index is 2.54. The summed E-state index contributed by atoms with van der Waals surface area (Å²) in [5.41, 5.74) is 21.4. The summed E-state index contributed by atoms with van der Waals surface area (Å²) in [5, 5.41) is 2.42. The summed E-state index contributed by atoms with van der Waals surface area (Å²) in [6.07, 6.45) is 0. The highest BCUT2D eigenvalue weighted by Gasteiger charge is 2.38. The quantitative estimate of drug-likeness (QED) is 0.148. The fourth-order valence-corrected chi connectivity index (χ4v) is 10.8. The summed E-state index contributed by atoms with van der Waals surface area (Å²) in [6, 6.07) is 89.0. The highest BCUT2D eigenvalue weighted by molar-refractivity contribution is 6.12. The molecule has 1 heterocycles. The van der Waals surface area contributed by atoms with Gasteiger partial charge >= 0.3 is 0 Å². The van der Waals surface area contributed by atoms with Crippen LogP contribution < -0.4 is 4.90 Å². The molecular formula is C63H46N2. The van der Waals surface area contributed by atoms with E-state index in [0.29, 0.717) is 0 Å². The average molecular weight is 831 g/mol. The van der Waals surface area contributed by atoms with Crippen molar-refractivity contribution in [2.24, 2.45) is 0 Å². The van der Waals surface area contributed by atoms with Gasteiger partial charge in [-0.1, -0.05) is 208 Å². The Bertz CT molecular complexity index is 3560. The van der Waals surface area contributed by atoms with Gasteiger partial charge in [-0.3, -0.25) is 0 Å². The minimum atomic E-state index is -0.203. The Balaban J connectivity index is 1.19. The molecule has 0 fully saturated rings. The van der Waals surface area contributed by atoms with Crippen LogP contribution in [0.2, 0.25) is 0 Å². The second-order valence-corrected chi connectivity index (χ2v) is 17.6. The Morgan fingerprint density at radius 1 is 0.354 bits per heavy atom. The average Bonchev–Trinajstić information content (AvgIpc) is 3.83. The van der Waals surface area contributed by atoms with E-state index in [4.69, 9.17) is 0 Å². The molecule has 2 heteroatoms. The number of benzene rings is 10. The third kappa shape index (κ3) is 6.25. The van der Waals surface area contributed by atoms with Gasteiger partial charge in [0.25, 0.3) is 0 Å². The first-order chi connectivity index (χ1) is 32.1. The van der Waals surface area contributed by atoms with E-state index in [9.17, 15) is 0 Å². The van der Waals surface area contributed by atoms with Gasteiger partial charge in [-0.25, -0.2) is 0 Å². The summed E-state index contributed by atoms with van der Waals surface area (Å²) in [5.74, 6) is 0. The summed E-state index contributed by atoms with van der Waals surface area (Å²) in [7, 11) is 0. The Morgan fingerprint density at radius 2 is 0.862 bits per heavy atom. The van der Waals surface area contributed by atoms with Crippen LogP contribution in [-0.2, 0) is 5.41 Å². The van der Waals surface area contributed by atoms with E-state index >= 15 is 0 Å². The minimum absolute atomic E-state index is 0.203. The SMILES string of the molecule is CC1(C)c2ccccc2-c2cccc(-c3ccccc3N(c3ccc4c(c3)c3ccccc3n4-c3ccccc3)c3cccc(-c4ccccc4)c3-c3ccccc3-c3ccccc3)c21. The summed E-state index contributed by atoms with van der Waals surface area (Å²) in [6.45, 7) is 4.78. The summed E-state index contributed by atoms with van der Waals surface area (Å²) >= 11 is 0. The molecule has 0 amide bonds. The van der Waals surface area contributed by atoms with Crippen molar-refractivity contribution in [2.75, 3.05) is 4.90 Å². The Kier molecular flexibility index (Phi) is 9.21. The van der Waals surface area contributed by atoms with Crippen LogP contribution in [0.4, 0.5) is 17.1 Å². The number of hydrogen-bond donors (Lipinski definition) is 0. The molecule has 0 bridgehead atoms. The Labute approximate surface area is 381 Å². The fraction of sp³-hybridized carbons (Fsp3) is 0.0476. The first-order valence-corrected chi connectivity index (χ1v) is 22.6. The van der Waals surface area contributed by atoms with E-state index < -0.39 is 0 Å². The fourth-order valence-electron chi connectivity index (χ4n) is 10.8. The second kappa shape index (κ2) is 15.6. The monoisotopic (exact) mass is 830 g/mol. The number of anilines is 3. The van der Waals surface area contributed by atoms with E-state index in [1.165, 1.54) is 88.6 Å². The zero-order valence-electron chi connectivity index (χ0n) is 36.5. The van der Waals surface area contributed by atoms with Crippen LogP contribution in [-0.4, -0.2) is 4.57 Å². The number of aromatic nitrogens is 1. The van der Waals surface area contributed by atoms with Crippen molar-refractivity contribution in [1.82, 2.24) is 4.57 Å². The highest BCUT2D eigenvalue weighted by atomic mass is 15.1. The second-order valence-electron chi connectivity index (χ2n) is 17.6. The zero-order chi connectivity index (χ0) is 43.5. The Morgan fingerprint density at radius 3 is 1.62 bits per heavy atom. The standard InChI is InChI=1S/C63H46N2/c1-63(2)56-36-17-14-29-49(56)53-34-20-35-54(62(53)63)50-30-15-18-37-57(50)65(46-40-41-59-55(42-46)51-31-16-19-38-58(51)64(59)45-26-10-5-11-27-45)60-39-21-33-48(44-24-8-4-9-25-44)61(60)52-32-13-12-28-47(52)43-22-6-3-7-23-43/h3-42H,1-2H3. The molecule has 0 aliphatic heterocycles. The largest absolute Gasteiger partial charge is 0.309 e. The van der Waals surface area contributed by atoms with Crippen LogP contribution in [0.15, 0.2) is 243 Å². The molecule has 0 saturated heterocycles. The molecule has 1 aromatic heterocycles. The van der Waals surface area contributed by atoms with Gasteiger partial charge in [0.2, 0.25) is 0 Å². The van der Waals surface area contributed by atoms with Crippen LogP contribution in [0.5, 0.6) is 0 Å². The van der Waals surface area contributed by atoms with Crippen LogP contribution in [0.3, 0.4) is 0 Å². The molecule has 0 radical (unpaired) electrons. The van der Waals surface area contributed by atoms with Gasteiger partial charge in [0.1, 0.15) is 0 Å². The minimum Gasteiger partial charge on any atom is -0.309 e. The van der Waals surface area contributed by atoms with Gasteiger partial charge in [0, 0.05) is 38.7 Å². The van der Waals surface area contributed by atoms with E-state index in [1.807, 2.05) is 0 Å². The molecule has 10 aromatic carbocycles. The number of hydrogen-bond acceptors (Lipinski definition) is 1. The van der Waals surface area contributed by atoms with E-state index in [1.54, 1.807) is 0 Å². The number of rotatable bonds is 8. The van der Waals surface area contributed by atoms with Crippen molar-refractivity contribution >= 4 is 38.9 Å². The van der Waals surface area contributed by atoms with Crippen molar-refractivity contribution in [2.45, 2.75) is 19.3 Å². The lowest BCUT2D eigenvalue weighted by Crippen LogP contribution is -2.17. The topological polar surface area (TPSA) is 8.17 Å². The van der Waals surface area contributed by atoms with Gasteiger partial charge in [0.15, 0.2) is 0 Å². The van der Waals surface area contributed by atoms with Crippen molar-refractivity contribution in [1.29, 1.82) is 0 Å². The van der Waals surface area contributed by atoms with Crippen LogP contribution in [0.25, 0.3) is 83.1 Å². The maximum Gasteiger partial charge on any atom is 0.0546 e. The molecule has 2 nitrogen and oxygen atoms in total. The van der Waals surface area contributed by atoms with Crippen molar-refractivity contribution in [3.8, 4) is 61.3 Å². The van der Waals surface area contributed by atoms with Gasteiger partial charge in [0.05, 0.1) is 22.4 Å². The molecule has 1 aliphatic rings. The molecule has 0 saturated carbocycles. The molecule has 308 valence electrons. The van der Waals surface area contributed by atoms with Crippen LogP contribution in [0.1, 0.15) is 25.0 Å². The van der Waals surface area contributed by atoms with Crippen molar-refractivity contribution in [3.63, 3.8) is 0 Å². The lowest BCUT2D eigenvalue weighted by Gasteiger charge is -2.32. The predicted molar refractivity (Wildman–Crippen MR) is 275 cm³/mol. The number of nitrogens with zero attached hydrogens (tertiary/aromatic N) is 2. The summed E-state index contributed by atoms with van der Waals surface area (Å²) < 4.78 is 2.40. The van der Waals surface area contributed by atoms with Crippen LogP contribution in [0, 0.1) is 0 Å². The molecule has 12 rings (SSSR count). The molecule has 0 atom stereocenters. The molecule has 0 N–H and O–H groups in total. The number of fused-ring (bicyclic) bond motifs is 6. The molecule has 11 aromatic rings. The molecule has 65 heavy (non-hydrogen) atoms. The zero-order valence-corrected chi connectivity index (χ0v) is 36.5. The molecule has 0 unspecified atom stereocenters. The van der Waals surface area contributed by atoms with Crippen molar-refractivity contribution in [3.05, 3.63) is 254 Å². The van der Waals surface area contributed by atoms with Gasteiger partial charge in [-0.05, 0) is 104 Å². The summed E-state index contributed by atoms with van der Waals surface area (Å²) in [4.78, 5) is 2.54. The van der Waals surface area contributed by atoms with Crippen molar-refractivity contribution < 1.29 is 0 Å². The third-order valence-electron chi connectivity index (χ3n) is 13.6. The molecule has 0 spiro atoms. The smallest absolute Gasteiger partial charge is 0.0546 e. The maximum atomic E-state index is 2.54. The van der Waals surface area contributed by atoms with Crippen LogP contribution >= 0.6 is 0 Å². The third-order valence-corrected chi connectivity index (χ3v) is 13.6. The molecule has 1 aliphatic carbocycles. The van der Waals surface area contributed by atoms with E-state index in [2.05, 4.69) is 266 Å². The number of para-hydroxylation sites is 3. The first-order valence-electron chi connectivity index (χ1n) is 22.6. The predicted octanol–water partition coefficient (Wildman–Crippen LogP) is 17.2. The Hall–Kier alpha value is -8.20. The van der Waals surface area contributed by atoms with E-state index in [0.717, 1.165) is 22.7 Å². The van der Waals surface area contributed by atoms with E-state index in [-0.39, 0.29) is 5.41 Å².